The highest BCUT2D eigenvalue weighted by molar-refractivity contribution is 7.16. The molecule has 0 amide bonds. The van der Waals surface area contributed by atoms with Gasteiger partial charge in [0.25, 0.3) is 0 Å². The van der Waals surface area contributed by atoms with Crippen molar-refractivity contribution in [1.29, 1.82) is 5.26 Å². The van der Waals surface area contributed by atoms with E-state index in [-0.39, 0.29) is 12.1 Å². The summed E-state index contributed by atoms with van der Waals surface area (Å²) in [6.07, 6.45) is -0.245. The lowest BCUT2D eigenvalue weighted by molar-refractivity contribution is 0.184. The van der Waals surface area contributed by atoms with Crippen LogP contribution in [0.2, 0.25) is 4.34 Å². The summed E-state index contributed by atoms with van der Waals surface area (Å²) in [5, 5.41) is 8.76. The van der Waals surface area contributed by atoms with Crippen molar-refractivity contribution in [3.8, 4) is 11.8 Å². The van der Waals surface area contributed by atoms with Gasteiger partial charge in [-0.25, -0.2) is 0 Å². The van der Waals surface area contributed by atoms with E-state index >= 15 is 0 Å². The van der Waals surface area contributed by atoms with Gasteiger partial charge in [-0.15, -0.1) is 11.3 Å². The number of nitrogens with two attached hydrogens (primary N) is 1. The van der Waals surface area contributed by atoms with Gasteiger partial charge in [0, 0.05) is 10.9 Å². The number of hydrogen-bond donors (Lipinski definition) is 1. The van der Waals surface area contributed by atoms with Gasteiger partial charge >= 0.3 is 0 Å². The summed E-state index contributed by atoms with van der Waals surface area (Å²) in [6, 6.07) is 12.6. The van der Waals surface area contributed by atoms with Crippen molar-refractivity contribution in [2.24, 2.45) is 5.73 Å². The zero-order valence-corrected chi connectivity index (χ0v) is 11.9. The van der Waals surface area contributed by atoms with Crippen molar-refractivity contribution in [3.63, 3.8) is 0 Å². The van der Waals surface area contributed by atoms with Gasteiger partial charge in [0.05, 0.1) is 16.0 Å². The highest BCUT2D eigenvalue weighted by Gasteiger charge is 2.20. The first-order valence-corrected chi connectivity index (χ1v) is 6.97. The number of rotatable bonds is 4. The van der Waals surface area contributed by atoms with E-state index in [1.54, 1.807) is 24.3 Å². The Labute approximate surface area is 121 Å². The summed E-state index contributed by atoms with van der Waals surface area (Å²) in [6.45, 7) is 1.89. The largest absolute Gasteiger partial charge is 0.483 e. The predicted octanol–water partition coefficient (Wildman–Crippen LogP) is 3.74. The second kappa shape index (κ2) is 6.07. The molecule has 0 saturated heterocycles. The van der Waals surface area contributed by atoms with E-state index in [9.17, 15) is 0 Å². The average Bonchev–Trinajstić information content (AvgIpc) is 2.82. The van der Waals surface area contributed by atoms with Gasteiger partial charge in [-0.2, -0.15) is 5.26 Å². The quantitative estimate of drug-likeness (QED) is 0.934. The molecule has 0 fully saturated rings. The van der Waals surface area contributed by atoms with Gasteiger partial charge in [0.1, 0.15) is 11.9 Å². The SMILES string of the molecule is CC(N)C(Oc1ccc(C#N)cc1)c1ccc(Cl)s1. The van der Waals surface area contributed by atoms with Crippen molar-refractivity contribution in [2.75, 3.05) is 0 Å². The molecule has 0 spiro atoms. The maximum absolute atomic E-state index is 8.76. The van der Waals surface area contributed by atoms with E-state index in [1.807, 2.05) is 19.1 Å². The molecule has 3 nitrogen and oxygen atoms in total. The molecule has 2 N–H and O–H groups in total. The van der Waals surface area contributed by atoms with Crippen molar-refractivity contribution >= 4 is 22.9 Å². The van der Waals surface area contributed by atoms with Gasteiger partial charge in [0.15, 0.2) is 0 Å². The lowest BCUT2D eigenvalue weighted by Gasteiger charge is -2.21. The summed E-state index contributed by atoms with van der Waals surface area (Å²) in [5.41, 5.74) is 6.57. The monoisotopic (exact) mass is 292 g/mol. The predicted molar refractivity (Wildman–Crippen MR) is 77.5 cm³/mol. The minimum absolute atomic E-state index is 0.162. The van der Waals surface area contributed by atoms with Crippen LogP contribution in [0.15, 0.2) is 36.4 Å². The normalized spacial score (nSPS) is 13.6. The molecule has 0 aliphatic rings. The molecule has 98 valence electrons. The van der Waals surface area contributed by atoms with Crippen LogP contribution >= 0.6 is 22.9 Å². The zero-order valence-electron chi connectivity index (χ0n) is 10.3. The highest BCUT2D eigenvalue weighted by atomic mass is 35.5. The molecule has 0 bridgehead atoms. The zero-order chi connectivity index (χ0) is 13.8. The second-order valence-corrected chi connectivity index (χ2v) is 5.92. The second-order valence-electron chi connectivity index (χ2n) is 4.18. The Bertz CT molecular complexity index is 586. The van der Waals surface area contributed by atoms with E-state index < -0.39 is 0 Å². The lowest BCUT2D eigenvalue weighted by atomic mass is 10.1. The summed E-state index contributed by atoms with van der Waals surface area (Å²) in [4.78, 5) is 0.990. The minimum Gasteiger partial charge on any atom is -0.483 e. The number of ether oxygens (including phenoxy) is 1. The van der Waals surface area contributed by atoms with Crippen molar-refractivity contribution in [3.05, 3.63) is 51.2 Å². The first-order chi connectivity index (χ1) is 9.10. The molecular formula is C14H13ClN2OS. The molecule has 1 heterocycles. The maximum Gasteiger partial charge on any atom is 0.148 e. The molecular weight excluding hydrogens is 280 g/mol. The molecule has 1 aromatic heterocycles. The van der Waals surface area contributed by atoms with Crippen LogP contribution in [0.5, 0.6) is 5.75 Å². The minimum atomic E-state index is -0.245. The number of nitriles is 1. The topological polar surface area (TPSA) is 59.0 Å². The molecule has 2 unspecified atom stereocenters. The number of benzene rings is 1. The maximum atomic E-state index is 8.76. The Morgan fingerprint density at radius 1 is 1.26 bits per heavy atom. The van der Waals surface area contributed by atoms with Crippen LogP contribution in [-0.4, -0.2) is 6.04 Å². The summed E-state index contributed by atoms with van der Waals surface area (Å²) in [7, 11) is 0. The Balaban J connectivity index is 2.19. The fraction of sp³-hybridized carbons (Fsp3) is 0.214. The third kappa shape index (κ3) is 3.48. The number of nitrogens with zero attached hydrogens (tertiary/aromatic N) is 1. The van der Waals surface area contributed by atoms with Gasteiger partial charge in [-0.3, -0.25) is 0 Å². The first-order valence-electron chi connectivity index (χ1n) is 5.78. The Morgan fingerprint density at radius 2 is 1.95 bits per heavy atom. The molecule has 0 radical (unpaired) electrons. The summed E-state index contributed by atoms with van der Waals surface area (Å²) < 4.78 is 6.60. The van der Waals surface area contributed by atoms with Crippen LogP contribution in [0.3, 0.4) is 0 Å². The van der Waals surface area contributed by atoms with Gasteiger partial charge < -0.3 is 10.5 Å². The molecule has 2 atom stereocenters. The third-order valence-electron chi connectivity index (χ3n) is 2.60. The third-order valence-corrected chi connectivity index (χ3v) is 3.89. The fourth-order valence-corrected chi connectivity index (χ4v) is 2.87. The smallest absolute Gasteiger partial charge is 0.148 e. The Hall–Kier alpha value is -1.54. The average molecular weight is 293 g/mol. The summed E-state index contributed by atoms with van der Waals surface area (Å²) >= 11 is 7.40. The van der Waals surface area contributed by atoms with Gasteiger partial charge in [-0.05, 0) is 43.3 Å². The van der Waals surface area contributed by atoms with E-state index in [0.29, 0.717) is 15.6 Å². The van der Waals surface area contributed by atoms with Crippen molar-refractivity contribution in [1.82, 2.24) is 0 Å². The molecule has 0 saturated carbocycles. The molecule has 19 heavy (non-hydrogen) atoms. The fourth-order valence-electron chi connectivity index (χ4n) is 1.66. The Morgan fingerprint density at radius 3 is 2.42 bits per heavy atom. The van der Waals surface area contributed by atoms with Crippen LogP contribution in [0, 0.1) is 11.3 Å². The lowest BCUT2D eigenvalue weighted by Crippen LogP contribution is -2.28. The standard InChI is InChI=1S/C14H13ClN2OS/c1-9(17)14(12-6-7-13(15)19-12)18-11-4-2-10(8-16)3-5-11/h2-7,9,14H,17H2,1H3. The van der Waals surface area contributed by atoms with E-state index in [1.165, 1.54) is 11.3 Å². The summed E-state index contributed by atoms with van der Waals surface area (Å²) in [5.74, 6) is 0.686. The molecule has 1 aromatic carbocycles. The number of halogens is 1. The van der Waals surface area contributed by atoms with Gasteiger partial charge in [-0.1, -0.05) is 11.6 Å². The van der Waals surface area contributed by atoms with E-state index in [4.69, 9.17) is 27.3 Å². The molecule has 2 rings (SSSR count). The molecule has 0 aliphatic heterocycles. The van der Waals surface area contributed by atoms with E-state index in [0.717, 1.165) is 4.88 Å². The van der Waals surface area contributed by atoms with E-state index in [2.05, 4.69) is 6.07 Å². The van der Waals surface area contributed by atoms with Crippen LogP contribution in [0.4, 0.5) is 0 Å². The number of hydrogen-bond acceptors (Lipinski definition) is 4. The van der Waals surface area contributed by atoms with Crippen LogP contribution in [0.25, 0.3) is 0 Å². The molecule has 0 aliphatic carbocycles. The van der Waals surface area contributed by atoms with Crippen molar-refractivity contribution in [2.45, 2.75) is 19.1 Å². The number of thiophene rings is 1. The van der Waals surface area contributed by atoms with Crippen LogP contribution in [0.1, 0.15) is 23.5 Å². The van der Waals surface area contributed by atoms with Crippen molar-refractivity contribution < 1.29 is 4.74 Å². The van der Waals surface area contributed by atoms with Gasteiger partial charge in [0.2, 0.25) is 0 Å². The van der Waals surface area contributed by atoms with Crippen LogP contribution in [-0.2, 0) is 0 Å². The molecule has 5 heteroatoms. The highest BCUT2D eigenvalue weighted by Crippen LogP contribution is 2.31. The Kier molecular flexibility index (Phi) is 4.43. The van der Waals surface area contributed by atoms with Crippen LogP contribution < -0.4 is 10.5 Å². The first kappa shape index (κ1) is 13.9. The molecule has 2 aromatic rings.